The minimum Gasteiger partial charge on any atom is -0.351 e. The predicted octanol–water partition coefficient (Wildman–Crippen LogP) is 1.33. The van der Waals surface area contributed by atoms with Crippen LogP contribution in [0.3, 0.4) is 0 Å². The van der Waals surface area contributed by atoms with E-state index in [0.29, 0.717) is 10.5 Å². The Morgan fingerprint density at radius 3 is 2.81 bits per heavy atom. The van der Waals surface area contributed by atoms with Crippen molar-refractivity contribution in [1.82, 2.24) is 14.6 Å². The number of fused-ring (bicyclic) bond motifs is 1. The number of hydrogen-bond acceptors (Lipinski definition) is 3. The van der Waals surface area contributed by atoms with Crippen molar-refractivity contribution in [2.75, 3.05) is 13.1 Å². The maximum atomic E-state index is 12.6. The van der Waals surface area contributed by atoms with Crippen molar-refractivity contribution in [1.29, 1.82) is 0 Å². The molecule has 1 aliphatic heterocycles. The number of benzene rings is 1. The van der Waals surface area contributed by atoms with Gasteiger partial charge in [0.1, 0.15) is 5.03 Å². The molecule has 2 aromatic rings. The van der Waals surface area contributed by atoms with Gasteiger partial charge in [0.25, 0.3) is 10.0 Å². The minimum atomic E-state index is -3.73. The quantitative estimate of drug-likeness (QED) is 0.873. The first-order valence-corrected chi connectivity index (χ1v) is 8.26. The fourth-order valence-corrected chi connectivity index (χ4v) is 4.11. The third-order valence-electron chi connectivity index (χ3n) is 3.38. The van der Waals surface area contributed by atoms with E-state index in [9.17, 15) is 13.2 Å². The number of halogens is 1. The highest BCUT2D eigenvalue weighted by atomic mass is 35.5. The molecule has 8 heteroatoms. The first-order chi connectivity index (χ1) is 9.86. The summed E-state index contributed by atoms with van der Waals surface area (Å²) in [5.41, 5.74) is 0.687. The van der Waals surface area contributed by atoms with Gasteiger partial charge in [-0.25, -0.2) is 8.42 Å². The Hall–Kier alpha value is -1.57. The molecule has 2 N–H and O–H groups in total. The first kappa shape index (κ1) is 14.4. The second kappa shape index (κ2) is 5.01. The molecule has 1 atom stereocenters. The molecule has 3 rings (SSSR count). The van der Waals surface area contributed by atoms with Crippen LogP contribution >= 0.6 is 11.6 Å². The van der Waals surface area contributed by atoms with E-state index in [1.54, 1.807) is 25.1 Å². The molecule has 1 aliphatic rings. The van der Waals surface area contributed by atoms with Crippen molar-refractivity contribution < 1.29 is 13.2 Å². The van der Waals surface area contributed by atoms with Crippen LogP contribution in [0.2, 0.25) is 5.02 Å². The fourth-order valence-electron chi connectivity index (χ4n) is 2.43. The molecule has 112 valence electrons. The van der Waals surface area contributed by atoms with E-state index >= 15 is 0 Å². The summed E-state index contributed by atoms with van der Waals surface area (Å²) >= 11 is 5.90. The van der Waals surface area contributed by atoms with Crippen LogP contribution in [0.1, 0.15) is 6.92 Å². The molecule has 1 aromatic heterocycles. The summed E-state index contributed by atoms with van der Waals surface area (Å²) in [7, 11) is -3.73. The monoisotopic (exact) mass is 327 g/mol. The Morgan fingerprint density at radius 1 is 1.33 bits per heavy atom. The van der Waals surface area contributed by atoms with Gasteiger partial charge in [0.05, 0.1) is 6.54 Å². The van der Waals surface area contributed by atoms with Crippen LogP contribution in [0.4, 0.5) is 0 Å². The number of rotatable bonds is 2. The minimum absolute atomic E-state index is 0.0710. The topological polar surface area (TPSA) is 82.3 Å². The van der Waals surface area contributed by atoms with E-state index in [1.807, 2.05) is 0 Å². The molecular weight excluding hydrogens is 314 g/mol. The van der Waals surface area contributed by atoms with Gasteiger partial charge in [0.15, 0.2) is 0 Å². The standard InChI is InChI=1S/C13H14ClN3O3S/c1-8-6-17(7-12(18)15-8)21(19,20)13-5-9-4-10(14)2-3-11(9)16-13/h2-5,8,16H,6-7H2,1H3,(H,15,18). The lowest BCUT2D eigenvalue weighted by Gasteiger charge is -2.29. The molecule has 21 heavy (non-hydrogen) atoms. The van der Waals surface area contributed by atoms with Crippen molar-refractivity contribution in [2.24, 2.45) is 0 Å². The second-order valence-corrected chi connectivity index (χ2v) is 7.47. The molecule has 0 spiro atoms. The number of nitrogens with one attached hydrogen (secondary N) is 2. The Kier molecular flexibility index (Phi) is 3.43. The molecule has 1 saturated heterocycles. The number of amides is 1. The van der Waals surface area contributed by atoms with Gasteiger partial charge < -0.3 is 10.3 Å². The van der Waals surface area contributed by atoms with E-state index in [0.717, 1.165) is 5.39 Å². The van der Waals surface area contributed by atoms with Crippen molar-refractivity contribution in [2.45, 2.75) is 18.0 Å². The number of H-pyrrole nitrogens is 1. The number of nitrogens with zero attached hydrogens (tertiary/aromatic N) is 1. The van der Waals surface area contributed by atoms with Gasteiger partial charge in [-0.2, -0.15) is 4.31 Å². The lowest BCUT2D eigenvalue weighted by molar-refractivity contribution is -0.123. The van der Waals surface area contributed by atoms with Gasteiger partial charge in [0.2, 0.25) is 5.91 Å². The van der Waals surface area contributed by atoms with Crippen molar-refractivity contribution in [3.05, 3.63) is 29.3 Å². The van der Waals surface area contributed by atoms with Crippen LogP contribution < -0.4 is 5.32 Å². The fraction of sp³-hybridized carbons (Fsp3) is 0.308. The molecule has 1 unspecified atom stereocenters. The first-order valence-electron chi connectivity index (χ1n) is 6.44. The molecule has 1 aromatic carbocycles. The zero-order chi connectivity index (χ0) is 15.2. The Balaban J connectivity index is 2.01. The maximum absolute atomic E-state index is 12.6. The lowest BCUT2D eigenvalue weighted by atomic mass is 10.2. The highest BCUT2D eigenvalue weighted by molar-refractivity contribution is 7.89. The van der Waals surface area contributed by atoms with Crippen LogP contribution in [0.5, 0.6) is 0 Å². The highest BCUT2D eigenvalue weighted by Crippen LogP contribution is 2.24. The summed E-state index contributed by atoms with van der Waals surface area (Å²) < 4.78 is 26.4. The third kappa shape index (κ3) is 2.64. The SMILES string of the molecule is CC1CN(S(=O)(=O)c2cc3cc(Cl)ccc3[nH]2)CC(=O)N1. The molecule has 6 nitrogen and oxygen atoms in total. The van der Waals surface area contributed by atoms with E-state index in [2.05, 4.69) is 10.3 Å². The average Bonchev–Trinajstić information content (AvgIpc) is 2.81. The molecule has 2 heterocycles. The molecule has 0 saturated carbocycles. The van der Waals surface area contributed by atoms with E-state index in [4.69, 9.17) is 11.6 Å². The molecule has 1 fully saturated rings. The molecule has 1 amide bonds. The number of sulfonamides is 1. The van der Waals surface area contributed by atoms with Crippen LogP contribution in [-0.4, -0.2) is 42.7 Å². The van der Waals surface area contributed by atoms with Gasteiger partial charge in [-0.1, -0.05) is 11.6 Å². The van der Waals surface area contributed by atoms with Crippen LogP contribution in [0, 0.1) is 0 Å². The van der Waals surface area contributed by atoms with Gasteiger partial charge >= 0.3 is 0 Å². The van der Waals surface area contributed by atoms with Crippen LogP contribution in [0.25, 0.3) is 10.9 Å². The van der Waals surface area contributed by atoms with E-state index < -0.39 is 10.0 Å². The molecule has 0 aliphatic carbocycles. The second-order valence-electron chi connectivity index (χ2n) is 5.13. The summed E-state index contributed by atoms with van der Waals surface area (Å²) in [5, 5.41) is 4.02. The highest BCUT2D eigenvalue weighted by Gasteiger charge is 2.33. The van der Waals surface area contributed by atoms with E-state index in [1.165, 1.54) is 10.4 Å². The van der Waals surface area contributed by atoms with E-state index in [-0.39, 0.29) is 30.1 Å². The van der Waals surface area contributed by atoms with Crippen LogP contribution in [0.15, 0.2) is 29.3 Å². The predicted molar refractivity (Wildman–Crippen MR) is 79.7 cm³/mol. The van der Waals surface area contributed by atoms with Crippen molar-refractivity contribution in [3.63, 3.8) is 0 Å². The third-order valence-corrected chi connectivity index (χ3v) is 5.35. The summed E-state index contributed by atoms with van der Waals surface area (Å²) in [6, 6.07) is 6.43. The average molecular weight is 328 g/mol. The van der Waals surface area contributed by atoms with Gasteiger partial charge in [-0.05, 0) is 31.2 Å². The summed E-state index contributed by atoms with van der Waals surface area (Å²) in [4.78, 5) is 14.4. The van der Waals surface area contributed by atoms with Crippen LogP contribution in [-0.2, 0) is 14.8 Å². The largest absolute Gasteiger partial charge is 0.351 e. The Labute approximate surface area is 127 Å². The number of carbonyl (C=O) groups excluding carboxylic acids is 1. The molecular formula is C13H14ClN3O3S. The van der Waals surface area contributed by atoms with Gasteiger partial charge in [-0.15, -0.1) is 0 Å². The molecule has 0 bridgehead atoms. The summed E-state index contributed by atoms with van der Waals surface area (Å²) in [6.45, 7) is 1.86. The number of piperazine rings is 1. The Bertz CT molecular complexity index is 815. The summed E-state index contributed by atoms with van der Waals surface area (Å²) in [6.07, 6.45) is 0. The normalized spacial score (nSPS) is 20.7. The van der Waals surface area contributed by atoms with Crippen molar-refractivity contribution >= 4 is 38.4 Å². The zero-order valence-electron chi connectivity index (χ0n) is 11.3. The smallest absolute Gasteiger partial charge is 0.259 e. The molecule has 0 radical (unpaired) electrons. The maximum Gasteiger partial charge on any atom is 0.259 e. The number of hydrogen-bond donors (Lipinski definition) is 2. The number of carbonyl (C=O) groups is 1. The summed E-state index contributed by atoms with van der Waals surface area (Å²) in [5.74, 6) is -0.295. The lowest BCUT2D eigenvalue weighted by Crippen LogP contribution is -2.54. The van der Waals surface area contributed by atoms with Crippen molar-refractivity contribution in [3.8, 4) is 0 Å². The zero-order valence-corrected chi connectivity index (χ0v) is 12.8. The number of aromatic amines is 1. The number of aromatic nitrogens is 1. The van der Waals surface area contributed by atoms with Gasteiger partial charge in [-0.3, -0.25) is 4.79 Å². The Morgan fingerprint density at radius 2 is 2.10 bits per heavy atom. The van der Waals surface area contributed by atoms with Gasteiger partial charge in [0, 0.05) is 28.5 Å².